The Morgan fingerprint density at radius 1 is 1.26 bits per heavy atom. The standard InChI is InChI=1S/C17H22N4O2/c1-3-15(22)9-10-18-17(23)13-5-4-6-14(11-13)19-16-8-7-12(2)20-21-16/h4-8,11,15,22H,3,9-10H2,1-2H3,(H,18,23)(H,19,21). The maximum atomic E-state index is 12.1. The molecule has 0 radical (unpaired) electrons. The molecule has 122 valence electrons. The fourth-order valence-corrected chi connectivity index (χ4v) is 2.01. The van der Waals surface area contributed by atoms with Crippen molar-refractivity contribution in [2.45, 2.75) is 32.8 Å². The molecule has 0 saturated carbocycles. The minimum absolute atomic E-state index is 0.160. The third-order valence-electron chi connectivity index (χ3n) is 3.43. The number of nitrogens with one attached hydrogen (secondary N) is 2. The molecule has 23 heavy (non-hydrogen) atoms. The first-order valence-electron chi connectivity index (χ1n) is 7.72. The smallest absolute Gasteiger partial charge is 0.251 e. The Kier molecular flexibility index (Phi) is 6.05. The number of anilines is 2. The van der Waals surface area contributed by atoms with Gasteiger partial charge < -0.3 is 15.7 Å². The van der Waals surface area contributed by atoms with Gasteiger partial charge in [-0.25, -0.2) is 0 Å². The highest BCUT2D eigenvalue weighted by Gasteiger charge is 2.07. The second kappa shape index (κ2) is 8.24. The lowest BCUT2D eigenvalue weighted by molar-refractivity contribution is 0.0942. The summed E-state index contributed by atoms with van der Waals surface area (Å²) < 4.78 is 0. The van der Waals surface area contributed by atoms with Gasteiger partial charge in [0, 0.05) is 17.8 Å². The molecule has 0 saturated heterocycles. The summed E-state index contributed by atoms with van der Waals surface area (Å²) in [6.07, 6.45) is 0.870. The van der Waals surface area contributed by atoms with Gasteiger partial charge in [0.25, 0.3) is 5.91 Å². The lowest BCUT2D eigenvalue weighted by atomic mass is 10.1. The van der Waals surface area contributed by atoms with Crippen molar-refractivity contribution in [1.82, 2.24) is 15.5 Å². The number of nitrogens with zero attached hydrogens (tertiary/aromatic N) is 2. The number of hydrogen-bond donors (Lipinski definition) is 3. The molecule has 1 heterocycles. The van der Waals surface area contributed by atoms with Crippen molar-refractivity contribution in [3.05, 3.63) is 47.7 Å². The summed E-state index contributed by atoms with van der Waals surface area (Å²) in [7, 11) is 0. The number of aliphatic hydroxyl groups excluding tert-OH is 1. The molecule has 1 aromatic heterocycles. The first-order chi connectivity index (χ1) is 11.1. The second-order valence-corrected chi connectivity index (χ2v) is 5.37. The van der Waals surface area contributed by atoms with Crippen molar-refractivity contribution < 1.29 is 9.90 Å². The van der Waals surface area contributed by atoms with Crippen LogP contribution >= 0.6 is 0 Å². The summed E-state index contributed by atoms with van der Waals surface area (Å²) in [6, 6.07) is 10.9. The lowest BCUT2D eigenvalue weighted by Gasteiger charge is -2.10. The number of rotatable bonds is 7. The van der Waals surface area contributed by atoms with Gasteiger partial charge in [-0.05, 0) is 50.1 Å². The van der Waals surface area contributed by atoms with Gasteiger partial charge in [-0.2, -0.15) is 5.10 Å². The molecule has 1 aromatic carbocycles. The summed E-state index contributed by atoms with van der Waals surface area (Å²) in [4.78, 5) is 12.1. The molecule has 0 aliphatic carbocycles. The Labute approximate surface area is 136 Å². The Morgan fingerprint density at radius 3 is 2.78 bits per heavy atom. The molecular formula is C17H22N4O2. The van der Waals surface area contributed by atoms with Crippen LogP contribution in [-0.2, 0) is 0 Å². The van der Waals surface area contributed by atoms with Gasteiger partial charge in [-0.15, -0.1) is 5.10 Å². The lowest BCUT2D eigenvalue weighted by Crippen LogP contribution is -2.27. The fraction of sp³-hybridized carbons (Fsp3) is 0.353. The van der Waals surface area contributed by atoms with Crippen molar-refractivity contribution in [3.63, 3.8) is 0 Å². The van der Waals surface area contributed by atoms with E-state index in [0.29, 0.717) is 30.8 Å². The van der Waals surface area contributed by atoms with Crippen molar-refractivity contribution in [3.8, 4) is 0 Å². The van der Waals surface area contributed by atoms with Crippen LogP contribution in [0, 0.1) is 6.92 Å². The van der Waals surface area contributed by atoms with Gasteiger partial charge in [0.1, 0.15) is 0 Å². The number of benzene rings is 1. The van der Waals surface area contributed by atoms with Crippen molar-refractivity contribution in [2.24, 2.45) is 0 Å². The number of carbonyl (C=O) groups is 1. The molecular weight excluding hydrogens is 292 g/mol. The van der Waals surface area contributed by atoms with E-state index in [1.807, 2.05) is 32.0 Å². The van der Waals surface area contributed by atoms with Crippen LogP contribution in [0.1, 0.15) is 35.8 Å². The van der Waals surface area contributed by atoms with Crippen LogP contribution in [-0.4, -0.2) is 33.9 Å². The zero-order chi connectivity index (χ0) is 16.7. The second-order valence-electron chi connectivity index (χ2n) is 5.37. The van der Waals surface area contributed by atoms with E-state index in [0.717, 1.165) is 11.4 Å². The van der Waals surface area contributed by atoms with Crippen LogP contribution in [0.2, 0.25) is 0 Å². The normalized spacial score (nSPS) is 11.8. The maximum Gasteiger partial charge on any atom is 0.251 e. The third-order valence-corrected chi connectivity index (χ3v) is 3.43. The van der Waals surface area contributed by atoms with Crippen LogP contribution < -0.4 is 10.6 Å². The molecule has 0 spiro atoms. The monoisotopic (exact) mass is 314 g/mol. The third kappa shape index (κ3) is 5.34. The molecule has 0 aliphatic rings. The van der Waals surface area contributed by atoms with Crippen LogP contribution in [0.15, 0.2) is 36.4 Å². The molecule has 2 rings (SSSR count). The summed E-state index contributed by atoms with van der Waals surface area (Å²) in [5.41, 5.74) is 2.17. The molecule has 2 aromatic rings. The Balaban J connectivity index is 1.96. The molecule has 6 heteroatoms. The minimum Gasteiger partial charge on any atom is -0.393 e. The minimum atomic E-state index is -0.372. The quantitative estimate of drug-likeness (QED) is 0.730. The zero-order valence-electron chi connectivity index (χ0n) is 13.4. The van der Waals surface area contributed by atoms with E-state index >= 15 is 0 Å². The number of aliphatic hydroxyl groups is 1. The van der Waals surface area contributed by atoms with Crippen LogP contribution in [0.5, 0.6) is 0 Å². The van der Waals surface area contributed by atoms with Crippen LogP contribution in [0.4, 0.5) is 11.5 Å². The molecule has 0 aliphatic heterocycles. The van der Waals surface area contributed by atoms with E-state index < -0.39 is 0 Å². The van der Waals surface area contributed by atoms with E-state index in [9.17, 15) is 9.90 Å². The number of aromatic nitrogens is 2. The summed E-state index contributed by atoms with van der Waals surface area (Å²) >= 11 is 0. The van der Waals surface area contributed by atoms with E-state index in [-0.39, 0.29) is 12.0 Å². The molecule has 3 N–H and O–H groups in total. The van der Waals surface area contributed by atoms with Gasteiger partial charge in [0.2, 0.25) is 0 Å². The van der Waals surface area contributed by atoms with Crippen molar-refractivity contribution >= 4 is 17.4 Å². The highest BCUT2D eigenvalue weighted by atomic mass is 16.3. The fourth-order valence-electron chi connectivity index (χ4n) is 2.01. The van der Waals surface area contributed by atoms with E-state index in [1.54, 1.807) is 18.2 Å². The Morgan fingerprint density at radius 2 is 2.09 bits per heavy atom. The predicted molar refractivity (Wildman–Crippen MR) is 89.7 cm³/mol. The number of carbonyl (C=O) groups excluding carboxylic acids is 1. The summed E-state index contributed by atoms with van der Waals surface area (Å²) in [6.45, 7) is 4.24. The Bertz CT molecular complexity index is 643. The average molecular weight is 314 g/mol. The first-order valence-corrected chi connectivity index (χ1v) is 7.72. The molecule has 6 nitrogen and oxygen atoms in total. The van der Waals surface area contributed by atoms with E-state index in [1.165, 1.54) is 0 Å². The van der Waals surface area contributed by atoms with Crippen molar-refractivity contribution in [2.75, 3.05) is 11.9 Å². The van der Waals surface area contributed by atoms with Crippen molar-refractivity contribution in [1.29, 1.82) is 0 Å². The molecule has 0 fully saturated rings. The molecule has 1 atom stereocenters. The largest absolute Gasteiger partial charge is 0.393 e. The number of aryl methyl sites for hydroxylation is 1. The van der Waals surface area contributed by atoms with Crippen LogP contribution in [0.25, 0.3) is 0 Å². The highest BCUT2D eigenvalue weighted by Crippen LogP contribution is 2.15. The first kappa shape index (κ1) is 16.9. The average Bonchev–Trinajstić information content (AvgIpc) is 2.57. The van der Waals surface area contributed by atoms with Gasteiger partial charge in [-0.3, -0.25) is 4.79 Å². The maximum absolute atomic E-state index is 12.1. The van der Waals surface area contributed by atoms with Gasteiger partial charge in [0.15, 0.2) is 5.82 Å². The van der Waals surface area contributed by atoms with Gasteiger partial charge in [-0.1, -0.05) is 13.0 Å². The Hall–Kier alpha value is -2.47. The highest BCUT2D eigenvalue weighted by molar-refractivity contribution is 5.95. The van der Waals surface area contributed by atoms with Crippen LogP contribution in [0.3, 0.4) is 0 Å². The molecule has 1 unspecified atom stereocenters. The van der Waals surface area contributed by atoms with E-state index in [4.69, 9.17) is 0 Å². The van der Waals surface area contributed by atoms with E-state index in [2.05, 4.69) is 20.8 Å². The van der Waals surface area contributed by atoms with Gasteiger partial charge in [0.05, 0.1) is 11.8 Å². The number of amides is 1. The number of hydrogen-bond acceptors (Lipinski definition) is 5. The SMILES string of the molecule is CCC(O)CCNC(=O)c1cccc(Nc2ccc(C)nn2)c1. The topological polar surface area (TPSA) is 87.1 Å². The molecule has 1 amide bonds. The predicted octanol–water partition coefficient (Wildman–Crippen LogP) is 2.42. The molecule has 0 bridgehead atoms. The van der Waals surface area contributed by atoms with Gasteiger partial charge >= 0.3 is 0 Å². The summed E-state index contributed by atoms with van der Waals surface area (Å²) in [5.74, 6) is 0.464. The zero-order valence-corrected chi connectivity index (χ0v) is 13.4. The summed E-state index contributed by atoms with van der Waals surface area (Å²) in [5, 5.41) is 23.4.